The number of terminal acetylenes is 1. The van der Waals surface area contributed by atoms with Crippen LogP contribution in [0.15, 0.2) is 47.5 Å². The molecule has 0 saturated carbocycles. The fourth-order valence-corrected chi connectivity index (χ4v) is 2.61. The van der Waals surface area contributed by atoms with Crippen molar-refractivity contribution in [2.24, 2.45) is 10.7 Å². The minimum absolute atomic E-state index is 0. The lowest BCUT2D eigenvalue weighted by Gasteiger charge is -2.14. The van der Waals surface area contributed by atoms with Gasteiger partial charge in [0.15, 0.2) is 5.96 Å². The first-order valence-corrected chi connectivity index (χ1v) is 8.61. The topological polar surface area (TPSA) is 79.5 Å². The maximum Gasteiger partial charge on any atom is 0.246 e. The zero-order valence-corrected chi connectivity index (χ0v) is 17.9. The molecule has 2 rings (SSSR count). The van der Waals surface area contributed by atoms with Gasteiger partial charge in [0.2, 0.25) is 5.91 Å². The molecule has 2 aromatic carbocycles. The molecule has 0 saturated heterocycles. The number of halogens is 1. The van der Waals surface area contributed by atoms with Gasteiger partial charge in [-0.1, -0.05) is 44.0 Å². The Hall–Kier alpha value is -2.53. The van der Waals surface area contributed by atoms with Gasteiger partial charge in [0, 0.05) is 16.9 Å². The number of aliphatic imine (C=N–C) groups is 1. The Kier molecular flexibility index (Phi) is 9.37. The number of guanidine groups is 1. The number of hydrogen-bond acceptors (Lipinski definition) is 2. The van der Waals surface area contributed by atoms with Crippen LogP contribution in [-0.2, 0) is 17.6 Å². The van der Waals surface area contributed by atoms with Gasteiger partial charge in [0.1, 0.15) is 6.54 Å². The van der Waals surface area contributed by atoms with Gasteiger partial charge in [-0.05, 0) is 42.2 Å². The summed E-state index contributed by atoms with van der Waals surface area (Å²) in [6.45, 7) is 4.10. The van der Waals surface area contributed by atoms with Crippen molar-refractivity contribution < 1.29 is 4.79 Å². The zero-order chi connectivity index (χ0) is 18.9. The van der Waals surface area contributed by atoms with Crippen LogP contribution in [0, 0.1) is 12.3 Å². The average Bonchev–Trinajstić information content (AvgIpc) is 2.66. The summed E-state index contributed by atoms with van der Waals surface area (Å²) in [6.07, 6.45) is 7.13. The van der Waals surface area contributed by atoms with Crippen LogP contribution in [0.25, 0.3) is 0 Å². The molecular weight excluding hydrogens is 451 g/mol. The summed E-state index contributed by atoms with van der Waals surface area (Å²) in [7, 11) is 0. The maximum absolute atomic E-state index is 12.1. The molecule has 0 aliphatic heterocycles. The van der Waals surface area contributed by atoms with Crippen molar-refractivity contribution in [2.45, 2.75) is 26.7 Å². The molecule has 0 aliphatic rings. The second kappa shape index (κ2) is 11.2. The molecule has 0 aliphatic carbocycles. The Morgan fingerprint density at radius 2 is 1.74 bits per heavy atom. The number of hydrogen-bond donors (Lipinski definition) is 3. The lowest BCUT2D eigenvalue weighted by atomic mass is 10.0. The van der Waals surface area contributed by atoms with Gasteiger partial charge in [-0.15, -0.1) is 30.4 Å². The van der Waals surface area contributed by atoms with Crippen LogP contribution in [-0.4, -0.2) is 18.4 Å². The van der Waals surface area contributed by atoms with Crippen molar-refractivity contribution in [1.29, 1.82) is 0 Å². The molecule has 142 valence electrons. The van der Waals surface area contributed by atoms with Crippen molar-refractivity contribution in [3.05, 3.63) is 59.2 Å². The van der Waals surface area contributed by atoms with Gasteiger partial charge in [0.05, 0.1) is 0 Å². The number of anilines is 2. The molecule has 6 heteroatoms. The van der Waals surface area contributed by atoms with Gasteiger partial charge in [-0.3, -0.25) is 4.79 Å². The summed E-state index contributed by atoms with van der Waals surface area (Å²) < 4.78 is 0. The number of amides is 1. The largest absolute Gasteiger partial charge is 0.370 e. The second-order valence-corrected chi connectivity index (χ2v) is 5.76. The SMILES string of the molecule is C#Cc1cccc(NC(=O)CN=C(N)Nc2c(CC)cccc2CC)c1.I. The number of carbonyl (C=O) groups excluding carboxylic acids is 1. The fraction of sp³-hybridized carbons (Fsp3) is 0.238. The van der Waals surface area contributed by atoms with E-state index in [9.17, 15) is 4.79 Å². The lowest BCUT2D eigenvalue weighted by Crippen LogP contribution is -2.26. The summed E-state index contributed by atoms with van der Waals surface area (Å²) >= 11 is 0. The summed E-state index contributed by atoms with van der Waals surface area (Å²) in [6, 6.07) is 13.2. The van der Waals surface area contributed by atoms with E-state index in [2.05, 4.69) is 47.5 Å². The molecule has 0 aromatic heterocycles. The first-order valence-electron chi connectivity index (χ1n) is 8.61. The highest BCUT2D eigenvalue weighted by atomic mass is 127. The number of nitrogens with one attached hydrogen (secondary N) is 2. The Morgan fingerprint density at radius 3 is 2.33 bits per heavy atom. The molecule has 0 unspecified atom stereocenters. The van der Waals surface area contributed by atoms with E-state index in [-0.39, 0.29) is 42.4 Å². The van der Waals surface area contributed by atoms with Crippen molar-refractivity contribution in [2.75, 3.05) is 17.2 Å². The van der Waals surface area contributed by atoms with Gasteiger partial charge in [-0.2, -0.15) is 0 Å². The average molecular weight is 476 g/mol. The fourth-order valence-electron chi connectivity index (χ4n) is 2.61. The highest BCUT2D eigenvalue weighted by Crippen LogP contribution is 2.22. The number of rotatable bonds is 6. The number of nitrogens with two attached hydrogens (primary N) is 1. The van der Waals surface area contributed by atoms with E-state index in [0.717, 1.165) is 29.7 Å². The quantitative estimate of drug-likeness (QED) is 0.257. The first kappa shape index (κ1) is 22.5. The second-order valence-electron chi connectivity index (χ2n) is 5.76. The van der Waals surface area contributed by atoms with E-state index >= 15 is 0 Å². The van der Waals surface area contributed by atoms with Gasteiger partial charge >= 0.3 is 0 Å². The standard InChI is InChI=1S/C21H24N4O.HI/c1-4-15-9-7-12-18(13-15)24-19(26)14-23-21(22)25-20-16(5-2)10-8-11-17(20)6-3;/h1,7-13H,5-6,14H2,2-3H3,(H,24,26)(H3,22,23,25);1H. The third kappa shape index (κ3) is 6.61. The van der Waals surface area contributed by atoms with E-state index in [4.69, 9.17) is 12.2 Å². The normalized spacial score (nSPS) is 10.5. The number of carbonyl (C=O) groups is 1. The van der Waals surface area contributed by atoms with Crippen molar-refractivity contribution in [3.63, 3.8) is 0 Å². The molecule has 5 nitrogen and oxygen atoms in total. The number of benzene rings is 2. The lowest BCUT2D eigenvalue weighted by molar-refractivity contribution is -0.114. The minimum Gasteiger partial charge on any atom is -0.370 e. The summed E-state index contributed by atoms with van der Waals surface area (Å²) in [4.78, 5) is 16.2. The van der Waals surface area contributed by atoms with Gasteiger partial charge < -0.3 is 16.4 Å². The summed E-state index contributed by atoms with van der Waals surface area (Å²) in [5.74, 6) is 2.49. The van der Waals surface area contributed by atoms with Crippen LogP contribution >= 0.6 is 24.0 Å². The van der Waals surface area contributed by atoms with Crippen LogP contribution in [0.1, 0.15) is 30.5 Å². The highest BCUT2D eigenvalue weighted by Gasteiger charge is 2.08. The van der Waals surface area contributed by atoms with Crippen LogP contribution in [0.4, 0.5) is 11.4 Å². The number of para-hydroxylation sites is 1. The van der Waals surface area contributed by atoms with Crippen LogP contribution in [0.3, 0.4) is 0 Å². The monoisotopic (exact) mass is 476 g/mol. The maximum atomic E-state index is 12.1. The van der Waals surface area contributed by atoms with E-state index in [0.29, 0.717) is 11.3 Å². The Balaban J connectivity index is 0.00000364. The van der Waals surface area contributed by atoms with Crippen LogP contribution in [0.2, 0.25) is 0 Å². The van der Waals surface area contributed by atoms with Crippen LogP contribution < -0.4 is 16.4 Å². The zero-order valence-electron chi connectivity index (χ0n) is 15.6. The summed E-state index contributed by atoms with van der Waals surface area (Å²) in [5, 5.41) is 5.90. The van der Waals surface area contributed by atoms with Crippen molar-refractivity contribution in [1.82, 2.24) is 0 Å². The van der Waals surface area contributed by atoms with E-state index in [1.165, 1.54) is 0 Å². The highest BCUT2D eigenvalue weighted by molar-refractivity contribution is 14.0. The summed E-state index contributed by atoms with van der Waals surface area (Å²) in [5.41, 5.74) is 10.6. The number of nitrogens with zero attached hydrogens (tertiary/aromatic N) is 1. The van der Waals surface area contributed by atoms with Crippen molar-refractivity contribution in [3.8, 4) is 12.3 Å². The predicted molar refractivity (Wildman–Crippen MR) is 124 cm³/mol. The molecule has 0 spiro atoms. The van der Waals surface area contributed by atoms with E-state index < -0.39 is 0 Å². The third-order valence-corrected chi connectivity index (χ3v) is 3.96. The molecule has 0 heterocycles. The molecular formula is C21H25IN4O. The van der Waals surface area contributed by atoms with E-state index in [1.54, 1.807) is 24.3 Å². The Bertz CT molecular complexity index is 833. The molecule has 1 amide bonds. The molecule has 27 heavy (non-hydrogen) atoms. The first-order chi connectivity index (χ1) is 12.6. The Labute approximate surface area is 177 Å². The molecule has 0 radical (unpaired) electrons. The smallest absolute Gasteiger partial charge is 0.246 e. The molecule has 2 aromatic rings. The molecule has 0 atom stereocenters. The van der Waals surface area contributed by atoms with Gasteiger partial charge in [-0.25, -0.2) is 4.99 Å². The Morgan fingerprint density at radius 1 is 1.11 bits per heavy atom. The number of aryl methyl sites for hydroxylation is 2. The van der Waals surface area contributed by atoms with E-state index in [1.807, 2.05) is 6.07 Å². The molecule has 0 bridgehead atoms. The third-order valence-electron chi connectivity index (χ3n) is 3.96. The predicted octanol–water partition coefficient (Wildman–Crippen LogP) is 3.78. The van der Waals surface area contributed by atoms with Crippen molar-refractivity contribution >= 4 is 47.2 Å². The van der Waals surface area contributed by atoms with Crippen LogP contribution in [0.5, 0.6) is 0 Å². The molecule has 4 N–H and O–H groups in total. The van der Waals surface area contributed by atoms with Gasteiger partial charge in [0.25, 0.3) is 0 Å². The minimum atomic E-state index is -0.261. The molecule has 0 fully saturated rings.